The van der Waals surface area contributed by atoms with Crippen LogP contribution in [0.15, 0.2) is 40.6 Å². The maximum atomic E-state index is 10.8. The molecule has 0 spiro atoms. The third-order valence-electron chi connectivity index (χ3n) is 5.53. The molecule has 0 amide bonds. The number of thiophene rings is 1. The van der Waals surface area contributed by atoms with E-state index in [1.54, 1.807) is 11.3 Å². The molecule has 0 bridgehead atoms. The molecular formula is C24H28N6O3S2. The average molecular weight is 513 g/mol. The number of imidazole rings is 1. The highest BCUT2D eigenvalue weighted by Gasteiger charge is 2.23. The van der Waals surface area contributed by atoms with Gasteiger partial charge in [0.1, 0.15) is 19.5 Å². The molecule has 35 heavy (non-hydrogen) atoms. The van der Waals surface area contributed by atoms with Gasteiger partial charge in [-0.05, 0) is 31.2 Å². The first-order chi connectivity index (χ1) is 16.9. The molecule has 9 nitrogen and oxygen atoms in total. The third-order valence-corrected chi connectivity index (χ3v) is 7.62. The van der Waals surface area contributed by atoms with Crippen molar-refractivity contribution in [2.24, 2.45) is 0 Å². The van der Waals surface area contributed by atoms with E-state index < -0.39 is 6.10 Å². The van der Waals surface area contributed by atoms with Crippen LogP contribution in [0.25, 0.3) is 21.6 Å². The number of aryl methyl sites for hydroxylation is 1. The highest BCUT2D eigenvalue weighted by Crippen LogP contribution is 2.45. The van der Waals surface area contributed by atoms with Gasteiger partial charge < -0.3 is 30.2 Å². The van der Waals surface area contributed by atoms with Crippen LogP contribution in [-0.4, -0.2) is 56.5 Å². The normalized spacial score (nSPS) is 14.1. The van der Waals surface area contributed by atoms with Crippen LogP contribution in [0.5, 0.6) is 11.5 Å². The lowest BCUT2D eigenvalue weighted by Crippen LogP contribution is -2.34. The SMILES string of the molecule is Cc1ccc(-c2cc3c(cc2Sc2nc4c(N)ncnc4n2CC(O)CNC(C)C)OCCO3)s1. The fourth-order valence-corrected chi connectivity index (χ4v) is 5.86. The van der Waals surface area contributed by atoms with E-state index in [1.807, 2.05) is 30.5 Å². The molecule has 0 saturated carbocycles. The number of aromatic nitrogens is 4. The number of nitrogens with zero attached hydrogens (tertiary/aromatic N) is 4. The zero-order chi connectivity index (χ0) is 24.5. The van der Waals surface area contributed by atoms with E-state index in [-0.39, 0.29) is 6.04 Å². The lowest BCUT2D eigenvalue weighted by molar-refractivity contribution is 0.147. The maximum absolute atomic E-state index is 10.8. The highest BCUT2D eigenvalue weighted by atomic mass is 32.2. The van der Waals surface area contributed by atoms with Crippen LogP contribution in [0, 0.1) is 6.92 Å². The Hall–Kier alpha value is -2.86. The van der Waals surface area contributed by atoms with Crippen LogP contribution in [0.3, 0.4) is 0 Å². The molecule has 1 aliphatic heterocycles. The highest BCUT2D eigenvalue weighted by molar-refractivity contribution is 7.99. The molecule has 0 saturated heterocycles. The van der Waals surface area contributed by atoms with Crippen LogP contribution in [-0.2, 0) is 6.54 Å². The Kier molecular flexibility index (Phi) is 6.83. The average Bonchev–Trinajstić information content (AvgIpc) is 3.42. The van der Waals surface area contributed by atoms with Crippen molar-refractivity contribution in [3.05, 3.63) is 35.5 Å². The van der Waals surface area contributed by atoms with E-state index in [9.17, 15) is 5.11 Å². The molecule has 3 aromatic heterocycles. The number of anilines is 1. The Bertz CT molecular complexity index is 1350. The van der Waals surface area contributed by atoms with Crippen molar-refractivity contribution in [3.63, 3.8) is 0 Å². The van der Waals surface area contributed by atoms with E-state index >= 15 is 0 Å². The number of nitrogens with two attached hydrogens (primary N) is 1. The maximum Gasteiger partial charge on any atom is 0.175 e. The van der Waals surface area contributed by atoms with E-state index in [2.05, 4.69) is 34.3 Å². The van der Waals surface area contributed by atoms with Gasteiger partial charge in [-0.25, -0.2) is 15.0 Å². The molecule has 1 atom stereocenters. The summed E-state index contributed by atoms with van der Waals surface area (Å²) in [6.45, 7) is 7.98. The van der Waals surface area contributed by atoms with E-state index in [1.165, 1.54) is 23.0 Å². The van der Waals surface area contributed by atoms with Gasteiger partial charge in [-0.3, -0.25) is 0 Å². The number of hydrogen-bond acceptors (Lipinski definition) is 10. The molecule has 1 aromatic carbocycles. The summed E-state index contributed by atoms with van der Waals surface area (Å²) in [6, 6.07) is 8.52. The molecule has 184 valence electrons. The fourth-order valence-electron chi connectivity index (χ4n) is 3.85. The summed E-state index contributed by atoms with van der Waals surface area (Å²) < 4.78 is 13.6. The van der Waals surface area contributed by atoms with Gasteiger partial charge in [-0.2, -0.15) is 0 Å². The van der Waals surface area contributed by atoms with Gasteiger partial charge in [-0.1, -0.05) is 25.6 Å². The first kappa shape index (κ1) is 23.9. The number of ether oxygens (including phenoxy) is 2. The van der Waals surface area contributed by atoms with Crippen molar-refractivity contribution < 1.29 is 14.6 Å². The van der Waals surface area contributed by atoms with E-state index in [0.717, 1.165) is 21.1 Å². The summed E-state index contributed by atoms with van der Waals surface area (Å²) in [5.41, 5.74) is 8.28. The second-order valence-electron chi connectivity index (χ2n) is 8.66. The number of aliphatic hydroxyl groups excluding tert-OH is 1. The second kappa shape index (κ2) is 10.0. The molecule has 0 fully saturated rings. The predicted molar refractivity (Wildman–Crippen MR) is 138 cm³/mol. The van der Waals surface area contributed by atoms with Gasteiger partial charge >= 0.3 is 0 Å². The van der Waals surface area contributed by atoms with Gasteiger partial charge in [0, 0.05) is 32.8 Å². The Morgan fingerprint density at radius 2 is 1.97 bits per heavy atom. The van der Waals surface area contributed by atoms with E-state index in [0.29, 0.717) is 54.2 Å². The molecule has 0 aliphatic carbocycles. The van der Waals surface area contributed by atoms with Gasteiger partial charge in [0.05, 0.1) is 12.6 Å². The monoisotopic (exact) mass is 512 g/mol. The number of nitrogen functional groups attached to an aromatic ring is 1. The van der Waals surface area contributed by atoms with Crippen LogP contribution >= 0.6 is 23.1 Å². The molecule has 4 heterocycles. The van der Waals surface area contributed by atoms with Crippen LogP contribution < -0.4 is 20.5 Å². The Balaban J connectivity index is 1.58. The predicted octanol–water partition coefficient (Wildman–Crippen LogP) is 3.73. The molecule has 1 aliphatic rings. The van der Waals surface area contributed by atoms with Crippen LogP contribution in [0.4, 0.5) is 5.82 Å². The summed E-state index contributed by atoms with van der Waals surface area (Å²) in [4.78, 5) is 16.6. The lowest BCUT2D eigenvalue weighted by atomic mass is 10.1. The van der Waals surface area contributed by atoms with Crippen molar-refractivity contribution in [2.75, 3.05) is 25.5 Å². The van der Waals surface area contributed by atoms with Crippen molar-refractivity contribution >= 4 is 40.1 Å². The number of hydrogen-bond donors (Lipinski definition) is 3. The molecular weight excluding hydrogens is 484 g/mol. The summed E-state index contributed by atoms with van der Waals surface area (Å²) in [5, 5.41) is 14.7. The van der Waals surface area contributed by atoms with Crippen molar-refractivity contribution in [1.82, 2.24) is 24.8 Å². The van der Waals surface area contributed by atoms with Crippen molar-refractivity contribution in [3.8, 4) is 21.9 Å². The Morgan fingerprint density at radius 3 is 2.69 bits per heavy atom. The third kappa shape index (κ3) is 5.08. The second-order valence-corrected chi connectivity index (χ2v) is 11.0. The minimum absolute atomic E-state index is 0.269. The molecule has 0 radical (unpaired) electrons. The largest absolute Gasteiger partial charge is 0.486 e. The molecule has 5 rings (SSSR count). The number of fused-ring (bicyclic) bond motifs is 2. The smallest absolute Gasteiger partial charge is 0.175 e. The molecule has 11 heteroatoms. The Labute approximate surface area is 211 Å². The first-order valence-corrected chi connectivity index (χ1v) is 13.1. The molecule has 4 N–H and O–H groups in total. The van der Waals surface area contributed by atoms with Crippen LogP contribution in [0.1, 0.15) is 18.7 Å². The summed E-state index contributed by atoms with van der Waals surface area (Å²) in [5.74, 6) is 1.75. The van der Waals surface area contributed by atoms with E-state index in [4.69, 9.17) is 20.2 Å². The molecule has 4 aromatic rings. The quantitative estimate of drug-likeness (QED) is 0.324. The standard InChI is InChI=1S/C24H28N6O3S2/c1-13(2)26-10-15(31)11-30-23-21(22(25)27-12-28-23)29-24(30)35-20-9-18-17(32-6-7-33-18)8-16(20)19-5-4-14(3)34-19/h4-5,8-9,12-13,15,26,31H,6-7,10-11H2,1-3H3,(H2,25,27,28). The fraction of sp³-hybridized carbons (Fsp3) is 0.375. The minimum atomic E-state index is -0.634. The molecule has 1 unspecified atom stereocenters. The number of benzene rings is 1. The summed E-state index contributed by atoms with van der Waals surface area (Å²) >= 11 is 3.21. The minimum Gasteiger partial charge on any atom is -0.486 e. The van der Waals surface area contributed by atoms with Gasteiger partial charge in [0.25, 0.3) is 0 Å². The van der Waals surface area contributed by atoms with Gasteiger partial charge in [-0.15, -0.1) is 11.3 Å². The first-order valence-electron chi connectivity index (χ1n) is 11.5. The van der Waals surface area contributed by atoms with Gasteiger partial charge in [0.2, 0.25) is 0 Å². The van der Waals surface area contributed by atoms with Crippen molar-refractivity contribution in [2.45, 2.75) is 49.5 Å². The number of rotatable bonds is 8. The summed E-state index contributed by atoms with van der Waals surface area (Å²) in [6.07, 6.45) is 0.789. The van der Waals surface area contributed by atoms with Gasteiger partial charge in [0.15, 0.2) is 33.6 Å². The van der Waals surface area contributed by atoms with Crippen molar-refractivity contribution in [1.29, 1.82) is 0 Å². The Morgan fingerprint density at radius 1 is 1.20 bits per heavy atom. The zero-order valence-electron chi connectivity index (χ0n) is 19.8. The number of nitrogens with one attached hydrogen (secondary N) is 1. The number of aliphatic hydroxyl groups is 1. The van der Waals surface area contributed by atoms with Crippen LogP contribution in [0.2, 0.25) is 0 Å². The zero-order valence-corrected chi connectivity index (χ0v) is 21.4. The summed E-state index contributed by atoms with van der Waals surface area (Å²) in [7, 11) is 0. The topological polar surface area (TPSA) is 120 Å². The lowest BCUT2D eigenvalue weighted by Gasteiger charge is -2.21.